The zero-order valence-corrected chi connectivity index (χ0v) is 15.4. The number of hydrogen-bond donors (Lipinski definition) is 0. The minimum Gasteiger partial charge on any atom is -0.447 e. The van der Waals surface area contributed by atoms with Crippen LogP contribution in [0.1, 0.15) is 31.7 Å². The smallest absolute Gasteiger partial charge is 0.417 e. The number of Topliss-reactive ketones (excluding diaryl/α,β-unsaturated/α-hetero) is 1. The Kier molecular flexibility index (Phi) is 3.74. The van der Waals surface area contributed by atoms with Crippen molar-refractivity contribution in [3.05, 3.63) is 47.0 Å². The SMILES string of the molecule is CC1=C(C(=O)N2C(=O)OC[C@@H]2Cc2ccccc2)C(=O)C2C3CCC(C3)C12. The monoisotopic (exact) mass is 365 g/mol. The number of imide groups is 1. The fraction of sp³-hybridized carbons (Fsp3) is 0.500. The van der Waals surface area contributed by atoms with E-state index in [1.54, 1.807) is 0 Å². The summed E-state index contributed by atoms with van der Waals surface area (Å²) in [7, 11) is 0. The molecule has 140 valence electrons. The molecule has 27 heavy (non-hydrogen) atoms. The van der Waals surface area contributed by atoms with Crippen molar-refractivity contribution < 1.29 is 19.1 Å². The highest BCUT2D eigenvalue weighted by atomic mass is 16.6. The predicted molar refractivity (Wildman–Crippen MR) is 97.6 cm³/mol. The molecule has 2 bridgehead atoms. The fourth-order valence-corrected chi connectivity index (χ4v) is 5.96. The van der Waals surface area contributed by atoms with E-state index < -0.39 is 12.0 Å². The summed E-state index contributed by atoms with van der Waals surface area (Å²) in [5.41, 5.74) is 2.20. The van der Waals surface area contributed by atoms with Crippen molar-refractivity contribution in [3.8, 4) is 0 Å². The largest absolute Gasteiger partial charge is 0.447 e. The molecule has 2 saturated carbocycles. The molecule has 5 nitrogen and oxygen atoms in total. The Balaban J connectivity index is 1.44. The van der Waals surface area contributed by atoms with Gasteiger partial charge in [0.25, 0.3) is 5.91 Å². The van der Waals surface area contributed by atoms with Crippen LogP contribution in [0.4, 0.5) is 4.79 Å². The zero-order chi connectivity index (χ0) is 18.7. The van der Waals surface area contributed by atoms with Crippen molar-refractivity contribution in [1.82, 2.24) is 4.90 Å². The summed E-state index contributed by atoms with van der Waals surface area (Å²) in [5.74, 6) is 0.635. The summed E-state index contributed by atoms with van der Waals surface area (Å²) in [6, 6.07) is 9.38. The number of carbonyl (C=O) groups excluding carboxylic acids is 3. The van der Waals surface area contributed by atoms with Crippen LogP contribution in [0.3, 0.4) is 0 Å². The van der Waals surface area contributed by atoms with Crippen LogP contribution < -0.4 is 0 Å². The van der Waals surface area contributed by atoms with Gasteiger partial charge in [0.1, 0.15) is 6.61 Å². The third-order valence-corrected chi connectivity index (χ3v) is 7.07. The summed E-state index contributed by atoms with van der Waals surface area (Å²) in [6.07, 6.45) is 3.27. The van der Waals surface area contributed by atoms with Gasteiger partial charge >= 0.3 is 6.09 Å². The molecule has 5 atom stereocenters. The summed E-state index contributed by atoms with van der Waals surface area (Å²) < 4.78 is 5.18. The first-order valence-electron chi connectivity index (χ1n) is 9.85. The first kappa shape index (κ1) is 16.7. The molecule has 1 aromatic rings. The fourth-order valence-electron chi connectivity index (χ4n) is 5.96. The van der Waals surface area contributed by atoms with E-state index >= 15 is 0 Å². The Morgan fingerprint density at radius 3 is 2.52 bits per heavy atom. The number of ketones is 1. The molecular formula is C22H23NO4. The van der Waals surface area contributed by atoms with Crippen LogP contribution in [-0.2, 0) is 20.7 Å². The second kappa shape index (κ2) is 6.04. The topological polar surface area (TPSA) is 63.7 Å². The average molecular weight is 365 g/mol. The van der Waals surface area contributed by atoms with Gasteiger partial charge in [-0.05, 0) is 55.9 Å². The van der Waals surface area contributed by atoms with Gasteiger partial charge in [-0.25, -0.2) is 9.69 Å². The zero-order valence-electron chi connectivity index (χ0n) is 15.4. The number of amides is 2. The Hall–Kier alpha value is -2.43. The molecule has 1 saturated heterocycles. The van der Waals surface area contributed by atoms with Crippen LogP contribution in [0.5, 0.6) is 0 Å². The normalized spacial score (nSPS) is 34.4. The number of allylic oxidation sites excluding steroid dienone is 1. The van der Waals surface area contributed by atoms with Gasteiger partial charge in [-0.15, -0.1) is 0 Å². The maximum absolute atomic E-state index is 13.3. The second-order valence-corrected chi connectivity index (χ2v) is 8.40. The van der Waals surface area contributed by atoms with Gasteiger partial charge < -0.3 is 4.74 Å². The quantitative estimate of drug-likeness (QED) is 0.772. The summed E-state index contributed by atoms with van der Waals surface area (Å²) in [5, 5.41) is 0. The van der Waals surface area contributed by atoms with Crippen molar-refractivity contribution in [2.24, 2.45) is 23.7 Å². The second-order valence-electron chi connectivity index (χ2n) is 8.40. The van der Waals surface area contributed by atoms with E-state index in [0.717, 1.165) is 30.4 Å². The number of nitrogens with zero attached hydrogens (tertiary/aromatic N) is 1. The van der Waals surface area contributed by atoms with Crippen molar-refractivity contribution in [2.45, 2.75) is 38.6 Å². The summed E-state index contributed by atoms with van der Waals surface area (Å²) >= 11 is 0. The lowest BCUT2D eigenvalue weighted by Gasteiger charge is -2.24. The highest BCUT2D eigenvalue weighted by molar-refractivity contribution is 6.25. The lowest BCUT2D eigenvalue weighted by Crippen LogP contribution is -2.42. The van der Waals surface area contributed by atoms with Gasteiger partial charge in [0.15, 0.2) is 5.78 Å². The van der Waals surface area contributed by atoms with E-state index in [1.165, 1.54) is 4.90 Å². The number of benzene rings is 1. The Labute approximate surface area is 158 Å². The van der Waals surface area contributed by atoms with E-state index in [0.29, 0.717) is 18.3 Å². The van der Waals surface area contributed by atoms with Gasteiger partial charge in [-0.2, -0.15) is 0 Å². The average Bonchev–Trinajstić information content (AvgIpc) is 3.40. The number of hydrogen-bond acceptors (Lipinski definition) is 4. The van der Waals surface area contributed by atoms with E-state index in [-0.39, 0.29) is 35.8 Å². The molecule has 1 aromatic carbocycles. The van der Waals surface area contributed by atoms with Crippen LogP contribution in [0.25, 0.3) is 0 Å². The van der Waals surface area contributed by atoms with E-state index in [1.807, 2.05) is 37.3 Å². The number of rotatable bonds is 3. The summed E-state index contributed by atoms with van der Waals surface area (Å²) in [6.45, 7) is 2.10. The molecule has 0 radical (unpaired) electrons. The van der Waals surface area contributed by atoms with Gasteiger partial charge in [0.2, 0.25) is 0 Å². The first-order valence-corrected chi connectivity index (χ1v) is 9.85. The van der Waals surface area contributed by atoms with Crippen LogP contribution in [0.2, 0.25) is 0 Å². The third kappa shape index (κ3) is 2.40. The molecule has 0 N–H and O–H groups in total. The number of cyclic esters (lactones) is 1. The van der Waals surface area contributed by atoms with Crippen molar-refractivity contribution in [2.75, 3.05) is 6.61 Å². The van der Waals surface area contributed by atoms with Crippen LogP contribution in [0.15, 0.2) is 41.5 Å². The van der Waals surface area contributed by atoms with Crippen LogP contribution in [-0.4, -0.2) is 35.3 Å². The Bertz CT molecular complexity index is 858. The molecule has 1 aliphatic heterocycles. The molecule has 3 fully saturated rings. The molecule has 5 heteroatoms. The van der Waals surface area contributed by atoms with Crippen molar-refractivity contribution in [3.63, 3.8) is 0 Å². The lowest BCUT2D eigenvalue weighted by molar-refractivity contribution is -0.129. The molecule has 0 aromatic heterocycles. The predicted octanol–water partition coefficient (Wildman–Crippen LogP) is 3.14. The van der Waals surface area contributed by atoms with Crippen molar-refractivity contribution in [1.29, 1.82) is 0 Å². The highest BCUT2D eigenvalue weighted by Crippen LogP contribution is 2.59. The molecule has 2 amide bonds. The van der Waals surface area contributed by atoms with E-state index in [4.69, 9.17) is 4.74 Å². The molecule has 5 rings (SSSR count). The molecule has 0 spiro atoms. The van der Waals surface area contributed by atoms with Crippen LogP contribution in [0, 0.1) is 23.7 Å². The molecule has 3 aliphatic carbocycles. The maximum atomic E-state index is 13.3. The van der Waals surface area contributed by atoms with Gasteiger partial charge in [-0.1, -0.05) is 35.9 Å². The highest BCUT2D eigenvalue weighted by Gasteiger charge is 2.58. The first-order chi connectivity index (χ1) is 13.1. The van der Waals surface area contributed by atoms with Gasteiger partial charge in [-0.3, -0.25) is 9.59 Å². The lowest BCUT2D eigenvalue weighted by atomic mass is 9.79. The third-order valence-electron chi connectivity index (χ3n) is 7.07. The van der Waals surface area contributed by atoms with E-state index in [2.05, 4.69) is 0 Å². The van der Waals surface area contributed by atoms with Gasteiger partial charge in [0.05, 0.1) is 11.6 Å². The number of carbonyl (C=O) groups is 3. The minimum absolute atomic E-state index is 0.0334. The molecule has 4 aliphatic rings. The van der Waals surface area contributed by atoms with Crippen LogP contribution >= 0.6 is 0 Å². The Morgan fingerprint density at radius 1 is 1.11 bits per heavy atom. The van der Waals surface area contributed by atoms with Gasteiger partial charge in [0, 0.05) is 5.92 Å². The van der Waals surface area contributed by atoms with Crippen molar-refractivity contribution >= 4 is 17.8 Å². The molecule has 1 heterocycles. The minimum atomic E-state index is -0.630. The molecular weight excluding hydrogens is 342 g/mol. The number of ether oxygens (including phenoxy) is 1. The number of fused-ring (bicyclic) bond motifs is 5. The standard InChI is InChI=1S/C22H23NO4/c1-12-17-14-7-8-15(10-14)19(17)20(24)18(12)21(25)23-16(11-27-22(23)26)9-13-5-3-2-4-6-13/h2-6,14-17,19H,7-11H2,1H3/t14?,15?,16-,17?,19?/m0/s1. The molecule has 4 unspecified atom stereocenters. The maximum Gasteiger partial charge on any atom is 0.417 e. The Morgan fingerprint density at radius 2 is 1.81 bits per heavy atom. The van der Waals surface area contributed by atoms with E-state index in [9.17, 15) is 14.4 Å². The summed E-state index contributed by atoms with van der Waals surface area (Å²) in [4.78, 5) is 39.9.